The number of rotatable bonds is 5. The number of aromatic amines is 1. The summed E-state index contributed by atoms with van der Waals surface area (Å²) in [6.45, 7) is 2.29. The lowest BCUT2D eigenvalue weighted by Crippen LogP contribution is -1.96. The predicted molar refractivity (Wildman–Crippen MR) is 70.6 cm³/mol. The van der Waals surface area contributed by atoms with Crippen molar-refractivity contribution in [2.24, 2.45) is 0 Å². The van der Waals surface area contributed by atoms with Crippen LogP contribution in [0.1, 0.15) is 11.4 Å². The third kappa shape index (κ3) is 3.39. The van der Waals surface area contributed by atoms with E-state index in [2.05, 4.69) is 15.2 Å². The highest BCUT2D eigenvalue weighted by Gasteiger charge is 2.10. The van der Waals surface area contributed by atoms with Crippen molar-refractivity contribution in [3.05, 3.63) is 23.5 Å². The van der Waals surface area contributed by atoms with Crippen molar-refractivity contribution in [1.82, 2.24) is 15.2 Å². The van der Waals surface area contributed by atoms with Gasteiger partial charge in [-0.15, -0.1) is 10.2 Å². The van der Waals surface area contributed by atoms with Crippen molar-refractivity contribution < 1.29 is 14.9 Å². The molecule has 0 unspecified atom stereocenters. The molecule has 2 aromatic rings. The van der Waals surface area contributed by atoms with Gasteiger partial charge in [0, 0.05) is 13.5 Å². The molecule has 0 spiro atoms. The Kier molecular flexibility index (Phi) is 4.28. The van der Waals surface area contributed by atoms with E-state index in [1.165, 1.54) is 23.9 Å². The minimum absolute atomic E-state index is 0.107. The zero-order valence-electron chi connectivity index (χ0n) is 10.7. The Hall–Kier alpha value is -1.73. The van der Waals surface area contributed by atoms with Gasteiger partial charge in [0.2, 0.25) is 0 Å². The maximum Gasteiger partial charge on any atom is 0.193 e. The van der Waals surface area contributed by atoms with Crippen LogP contribution in [0, 0.1) is 6.92 Å². The molecule has 0 aliphatic rings. The first-order valence-corrected chi connectivity index (χ1v) is 6.52. The molecule has 0 bridgehead atoms. The van der Waals surface area contributed by atoms with Gasteiger partial charge < -0.3 is 19.9 Å². The van der Waals surface area contributed by atoms with E-state index in [9.17, 15) is 10.2 Å². The second kappa shape index (κ2) is 5.94. The summed E-state index contributed by atoms with van der Waals surface area (Å²) in [6, 6.07) is 3.02. The fourth-order valence-corrected chi connectivity index (χ4v) is 2.28. The molecule has 1 aromatic heterocycles. The van der Waals surface area contributed by atoms with Gasteiger partial charge in [0.25, 0.3) is 0 Å². The second-order valence-electron chi connectivity index (χ2n) is 4.03. The smallest absolute Gasteiger partial charge is 0.193 e. The van der Waals surface area contributed by atoms with E-state index >= 15 is 0 Å². The number of hydrogen-bond acceptors (Lipinski definition) is 6. The highest BCUT2D eigenvalue weighted by Crippen LogP contribution is 2.36. The standard InChI is InChI=1S/C12H15N3O3S/c1-7-5-9(17)10(6-8(7)16)19-12-13-11(14-15-12)3-4-18-2/h5-6,16-17H,3-4H2,1-2H3,(H,13,14,15). The van der Waals surface area contributed by atoms with Crippen molar-refractivity contribution >= 4 is 11.8 Å². The number of nitrogens with one attached hydrogen (secondary N) is 1. The molecule has 0 aliphatic heterocycles. The zero-order chi connectivity index (χ0) is 13.8. The lowest BCUT2D eigenvalue weighted by molar-refractivity contribution is 0.200. The molecule has 0 radical (unpaired) electrons. The first-order chi connectivity index (χ1) is 9.10. The third-order valence-electron chi connectivity index (χ3n) is 2.54. The lowest BCUT2D eigenvalue weighted by atomic mass is 10.2. The Labute approximate surface area is 114 Å². The first-order valence-electron chi connectivity index (χ1n) is 5.71. The molecule has 0 amide bonds. The van der Waals surface area contributed by atoms with E-state index in [0.717, 1.165) is 5.82 Å². The minimum atomic E-state index is 0.107. The molecule has 3 N–H and O–H groups in total. The number of H-pyrrole nitrogens is 1. The summed E-state index contributed by atoms with van der Waals surface area (Å²) in [5, 5.41) is 27.9. The molecule has 1 aromatic carbocycles. The summed E-state index contributed by atoms with van der Waals surface area (Å²) in [5.74, 6) is 0.967. The van der Waals surface area contributed by atoms with Gasteiger partial charge in [-0.05, 0) is 36.4 Å². The lowest BCUT2D eigenvalue weighted by Gasteiger charge is -2.05. The van der Waals surface area contributed by atoms with Gasteiger partial charge >= 0.3 is 0 Å². The van der Waals surface area contributed by atoms with E-state index in [4.69, 9.17) is 4.74 Å². The SMILES string of the molecule is COCCc1nnc(Sc2cc(O)c(C)cc2O)[nH]1. The number of phenolic OH excluding ortho intramolecular Hbond substituents is 2. The number of benzene rings is 1. The molecule has 7 heteroatoms. The number of aryl methyl sites for hydroxylation is 1. The van der Waals surface area contributed by atoms with Crippen LogP contribution < -0.4 is 0 Å². The summed E-state index contributed by atoms with van der Waals surface area (Å²) in [6.07, 6.45) is 0.648. The topological polar surface area (TPSA) is 91.3 Å². The highest BCUT2D eigenvalue weighted by atomic mass is 32.2. The molecule has 0 saturated heterocycles. The molecule has 6 nitrogen and oxygen atoms in total. The van der Waals surface area contributed by atoms with Crippen LogP contribution in [0.4, 0.5) is 0 Å². The van der Waals surface area contributed by atoms with E-state index in [-0.39, 0.29) is 11.5 Å². The van der Waals surface area contributed by atoms with E-state index in [1.54, 1.807) is 14.0 Å². The van der Waals surface area contributed by atoms with Crippen molar-refractivity contribution in [2.75, 3.05) is 13.7 Å². The van der Waals surface area contributed by atoms with Crippen LogP contribution in [0.5, 0.6) is 11.5 Å². The number of aromatic nitrogens is 3. The Balaban J connectivity index is 2.12. The Morgan fingerprint density at radius 3 is 2.79 bits per heavy atom. The Morgan fingerprint density at radius 1 is 1.26 bits per heavy atom. The van der Waals surface area contributed by atoms with Crippen LogP contribution in [-0.2, 0) is 11.2 Å². The first kappa shape index (κ1) is 13.7. The van der Waals surface area contributed by atoms with Crippen molar-refractivity contribution in [2.45, 2.75) is 23.4 Å². The summed E-state index contributed by atoms with van der Waals surface area (Å²) in [5.41, 5.74) is 0.625. The molecule has 19 heavy (non-hydrogen) atoms. The van der Waals surface area contributed by atoms with Crippen LogP contribution in [0.25, 0.3) is 0 Å². The number of methoxy groups -OCH3 is 1. The van der Waals surface area contributed by atoms with Crippen LogP contribution in [-0.4, -0.2) is 39.1 Å². The highest BCUT2D eigenvalue weighted by molar-refractivity contribution is 7.99. The fourth-order valence-electron chi connectivity index (χ4n) is 1.48. The fraction of sp³-hybridized carbons (Fsp3) is 0.333. The average molecular weight is 281 g/mol. The van der Waals surface area contributed by atoms with Crippen molar-refractivity contribution in [3.63, 3.8) is 0 Å². The maximum atomic E-state index is 9.81. The van der Waals surface area contributed by atoms with Crippen LogP contribution >= 0.6 is 11.8 Å². The van der Waals surface area contributed by atoms with Gasteiger partial charge in [-0.1, -0.05) is 0 Å². The minimum Gasteiger partial charge on any atom is -0.508 e. The van der Waals surface area contributed by atoms with Gasteiger partial charge in [-0.2, -0.15) is 0 Å². The molecular formula is C12H15N3O3S. The van der Waals surface area contributed by atoms with E-state index < -0.39 is 0 Å². The molecule has 0 fully saturated rings. The third-order valence-corrected chi connectivity index (χ3v) is 3.46. The number of hydrogen-bond donors (Lipinski definition) is 3. The predicted octanol–water partition coefficient (Wildman–Crippen LogP) is 1.86. The zero-order valence-corrected chi connectivity index (χ0v) is 11.5. The number of phenols is 2. The molecule has 0 aliphatic carbocycles. The van der Waals surface area contributed by atoms with Gasteiger partial charge in [0.1, 0.15) is 17.3 Å². The average Bonchev–Trinajstić information content (AvgIpc) is 2.81. The Morgan fingerprint density at radius 2 is 2.05 bits per heavy atom. The quantitative estimate of drug-likeness (QED) is 0.725. The van der Waals surface area contributed by atoms with Crippen LogP contribution in [0.3, 0.4) is 0 Å². The normalized spacial score (nSPS) is 10.8. The van der Waals surface area contributed by atoms with Crippen molar-refractivity contribution in [3.8, 4) is 11.5 Å². The Bertz CT molecular complexity index is 571. The molecule has 0 atom stereocenters. The van der Waals surface area contributed by atoms with Gasteiger partial charge in [-0.3, -0.25) is 0 Å². The van der Waals surface area contributed by atoms with Gasteiger partial charge in [0.15, 0.2) is 5.16 Å². The second-order valence-corrected chi connectivity index (χ2v) is 5.06. The largest absolute Gasteiger partial charge is 0.508 e. The molecule has 1 heterocycles. The van der Waals surface area contributed by atoms with Gasteiger partial charge in [-0.25, -0.2) is 0 Å². The van der Waals surface area contributed by atoms with Crippen LogP contribution in [0.2, 0.25) is 0 Å². The van der Waals surface area contributed by atoms with E-state index in [0.29, 0.717) is 28.6 Å². The molecular weight excluding hydrogens is 266 g/mol. The molecule has 0 saturated carbocycles. The monoisotopic (exact) mass is 281 g/mol. The van der Waals surface area contributed by atoms with Crippen molar-refractivity contribution in [1.29, 1.82) is 0 Å². The van der Waals surface area contributed by atoms with E-state index in [1.807, 2.05) is 0 Å². The van der Waals surface area contributed by atoms with Gasteiger partial charge in [0.05, 0.1) is 11.5 Å². The maximum absolute atomic E-state index is 9.81. The van der Waals surface area contributed by atoms with Crippen LogP contribution in [0.15, 0.2) is 22.2 Å². The summed E-state index contributed by atoms with van der Waals surface area (Å²) in [7, 11) is 1.62. The number of ether oxygens (including phenoxy) is 1. The number of nitrogens with zero attached hydrogens (tertiary/aromatic N) is 2. The number of aromatic hydroxyl groups is 2. The molecule has 102 valence electrons. The summed E-state index contributed by atoms with van der Waals surface area (Å²) in [4.78, 5) is 3.55. The molecule has 2 rings (SSSR count). The summed E-state index contributed by atoms with van der Waals surface area (Å²) < 4.78 is 4.95. The summed E-state index contributed by atoms with van der Waals surface area (Å²) >= 11 is 1.21.